The maximum Gasteiger partial charge on any atom is 0.226 e. The smallest absolute Gasteiger partial charge is 0.226 e. The van der Waals surface area contributed by atoms with E-state index >= 15 is 0 Å². The Labute approximate surface area is 132 Å². The van der Waals surface area contributed by atoms with Gasteiger partial charge in [-0.05, 0) is 56.8 Å². The zero-order valence-electron chi connectivity index (χ0n) is 12.6. The van der Waals surface area contributed by atoms with E-state index in [9.17, 15) is 4.79 Å². The number of nitrogens with zero attached hydrogens (tertiary/aromatic N) is 1. The molecule has 0 radical (unpaired) electrons. The van der Waals surface area contributed by atoms with Crippen LogP contribution in [0.1, 0.15) is 44.4 Å². The van der Waals surface area contributed by atoms with E-state index in [0.29, 0.717) is 11.8 Å². The standard InChI is InChI=1S/C16H24N2O2.ClH/c1-12-6-9-18(14(11-12)15-3-2-10-20-15)16(19)13-4-7-17-8-5-13;/h2-3,10,12-14,17H,4-9,11H2,1H3;1H. The van der Waals surface area contributed by atoms with E-state index in [0.717, 1.165) is 51.1 Å². The van der Waals surface area contributed by atoms with Gasteiger partial charge in [0, 0.05) is 12.5 Å². The fraction of sp³-hybridized carbons (Fsp3) is 0.688. The van der Waals surface area contributed by atoms with Gasteiger partial charge in [0.05, 0.1) is 12.3 Å². The molecule has 0 spiro atoms. The average molecular weight is 313 g/mol. The molecule has 1 N–H and O–H groups in total. The minimum Gasteiger partial charge on any atom is -0.467 e. The summed E-state index contributed by atoms with van der Waals surface area (Å²) in [6.07, 6.45) is 5.77. The Morgan fingerprint density at radius 3 is 2.76 bits per heavy atom. The predicted molar refractivity (Wildman–Crippen MR) is 84.4 cm³/mol. The van der Waals surface area contributed by atoms with Crippen molar-refractivity contribution in [2.45, 2.75) is 38.6 Å². The normalized spacial score (nSPS) is 27.2. The van der Waals surface area contributed by atoms with E-state index in [-0.39, 0.29) is 24.4 Å². The molecule has 3 rings (SSSR count). The van der Waals surface area contributed by atoms with Crippen molar-refractivity contribution in [3.8, 4) is 0 Å². The highest BCUT2D eigenvalue weighted by Crippen LogP contribution is 2.35. The summed E-state index contributed by atoms with van der Waals surface area (Å²) in [7, 11) is 0. The summed E-state index contributed by atoms with van der Waals surface area (Å²) in [6.45, 7) is 5.07. The van der Waals surface area contributed by atoms with Gasteiger partial charge in [-0.3, -0.25) is 4.79 Å². The second-order valence-electron chi connectivity index (χ2n) is 6.22. The number of halogens is 1. The van der Waals surface area contributed by atoms with Crippen LogP contribution in [0.15, 0.2) is 22.8 Å². The first-order valence-corrected chi connectivity index (χ1v) is 7.80. The molecule has 3 heterocycles. The zero-order valence-corrected chi connectivity index (χ0v) is 13.4. The molecule has 1 amide bonds. The molecule has 0 aliphatic carbocycles. The van der Waals surface area contributed by atoms with Crippen LogP contribution < -0.4 is 5.32 Å². The molecule has 0 aromatic carbocycles. The highest BCUT2D eigenvalue weighted by Gasteiger charge is 2.35. The van der Waals surface area contributed by atoms with E-state index in [4.69, 9.17) is 4.42 Å². The third kappa shape index (κ3) is 3.61. The Morgan fingerprint density at radius 1 is 1.33 bits per heavy atom. The molecule has 0 bridgehead atoms. The molecule has 118 valence electrons. The quantitative estimate of drug-likeness (QED) is 0.913. The van der Waals surface area contributed by atoms with Gasteiger partial charge in [0.2, 0.25) is 5.91 Å². The van der Waals surface area contributed by atoms with Gasteiger partial charge in [-0.2, -0.15) is 0 Å². The van der Waals surface area contributed by atoms with E-state index < -0.39 is 0 Å². The van der Waals surface area contributed by atoms with Crippen LogP contribution in [0.25, 0.3) is 0 Å². The van der Waals surface area contributed by atoms with Crippen molar-refractivity contribution in [1.29, 1.82) is 0 Å². The number of carbonyl (C=O) groups is 1. The lowest BCUT2D eigenvalue weighted by Crippen LogP contribution is -2.45. The van der Waals surface area contributed by atoms with E-state index in [1.54, 1.807) is 6.26 Å². The Kier molecular flexibility index (Phi) is 5.71. The summed E-state index contributed by atoms with van der Waals surface area (Å²) in [4.78, 5) is 14.9. The molecular formula is C16H25ClN2O2. The fourth-order valence-electron chi connectivity index (χ4n) is 3.46. The maximum absolute atomic E-state index is 12.8. The molecule has 0 saturated carbocycles. The topological polar surface area (TPSA) is 45.5 Å². The van der Waals surface area contributed by atoms with Gasteiger partial charge in [0.1, 0.15) is 5.76 Å². The fourth-order valence-corrected chi connectivity index (χ4v) is 3.46. The maximum atomic E-state index is 12.8. The van der Waals surface area contributed by atoms with E-state index in [2.05, 4.69) is 17.1 Å². The largest absolute Gasteiger partial charge is 0.467 e. The first kappa shape index (κ1) is 16.4. The number of furan rings is 1. The minimum atomic E-state index is 0. The summed E-state index contributed by atoms with van der Waals surface area (Å²) >= 11 is 0. The van der Waals surface area contributed by atoms with Gasteiger partial charge >= 0.3 is 0 Å². The number of hydrogen-bond acceptors (Lipinski definition) is 3. The second-order valence-corrected chi connectivity index (χ2v) is 6.22. The van der Waals surface area contributed by atoms with E-state index in [1.807, 2.05) is 12.1 Å². The lowest BCUT2D eigenvalue weighted by molar-refractivity contribution is -0.141. The van der Waals surface area contributed by atoms with Crippen LogP contribution >= 0.6 is 12.4 Å². The van der Waals surface area contributed by atoms with Crippen molar-refractivity contribution in [2.75, 3.05) is 19.6 Å². The molecule has 2 atom stereocenters. The first-order chi connectivity index (χ1) is 9.75. The van der Waals surface area contributed by atoms with Crippen molar-refractivity contribution in [1.82, 2.24) is 10.2 Å². The van der Waals surface area contributed by atoms with Crippen molar-refractivity contribution in [3.63, 3.8) is 0 Å². The zero-order chi connectivity index (χ0) is 13.9. The lowest BCUT2D eigenvalue weighted by atomic mass is 9.88. The molecule has 2 aliphatic heterocycles. The summed E-state index contributed by atoms with van der Waals surface area (Å²) in [5.74, 6) is 2.13. The number of carbonyl (C=O) groups excluding carboxylic acids is 1. The van der Waals surface area contributed by atoms with Gasteiger partial charge in [-0.1, -0.05) is 6.92 Å². The van der Waals surface area contributed by atoms with Crippen molar-refractivity contribution >= 4 is 18.3 Å². The van der Waals surface area contributed by atoms with Crippen LogP contribution in [0.4, 0.5) is 0 Å². The Bertz CT molecular complexity index is 443. The van der Waals surface area contributed by atoms with Crippen LogP contribution in [-0.2, 0) is 4.79 Å². The molecule has 5 heteroatoms. The molecule has 21 heavy (non-hydrogen) atoms. The summed E-state index contributed by atoms with van der Waals surface area (Å²) < 4.78 is 5.58. The molecule has 2 unspecified atom stereocenters. The van der Waals surface area contributed by atoms with Crippen molar-refractivity contribution < 1.29 is 9.21 Å². The SMILES string of the molecule is CC1CCN(C(=O)C2CCNCC2)C(c2ccco2)C1.Cl. The van der Waals surface area contributed by atoms with Crippen molar-refractivity contribution in [3.05, 3.63) is 24.2 Å². The third-order valence-corrected chi connectivity index (χ3v) is 4.71. The number of piperidine rings is 2. The number of rotatable bonds is 2. The van der Waals surface area contributed by atoms with Crippen LogP contribution in [0.5, 0.6) is 0 Å². The van der Waals surface area contributed by atoms with E-state index in [1.165, 1.54) is 0 Å². The second kappa shape index (κ2) is 7.32. The Hall–Kier alpha value is -1.00. The van der Waals surface area contributed by atoms with Gasteiger partial charge in [0.25, 0.3) is 0 Å². The van der Waals surface area contributed by atoms with Crippen LogP contribution in [0.3, 0.4) is 0 Å². The van der Waals surface area contributed by atoms with Crippen molar-refractivity contribution in [2.24, 2.45) is 11.8 Å². The minimum absolute atomic E-state index is 0. The molecule has 4 nitrogen and oxygen atoms in total. The highest BCUT2D eigenvalue weighted by atomic mass is 35.5. The van der Waals surface area contributed by atoms with Gasteiger partial charge in [0.15, 0.2) is 0 Å². The monoisotopic (exact) mass is 312 g/mol. The summed E-state index contributed by atoms with van der Waals surface area (Å²) in [5.41, 5.74) is 0. The van der Waals surface area contributed by atoms with Gasteiger partial charge in [-0.15, -0.1) is 12.4 Å². The average Bonchev–Trinajstić information content (AvgIpc) is 3.01. The summed E-state index contributed by atoms with van der Waals surface area (Å²) in [6, 6.07) is 4.06. The van der Waals surface area contributed by atoms with Gasteiger partial charge < -0.3 is 14.6 Å². The molecule has 2 saturated heterocycles. The predicted octanol–water partition coefficient (Wildman–Crippen LogP) is 3.00. The molecule has 2 aliphatic rings. The number of nitrogens with one attached hydrogen (secondary N) is 1. The molecular weight excluding hydrogens is 288 g/mol. The molecule has 1 aromatic rings. The van der Waals surface area contributed by atoms with Crippen LogP contribution in [0, 0.1) is 11.8 Å². The number of hydrogen-bond donors (Lipinski definition) is 1. The number of amides is 1. The first-order valence-electron chi connectivity index (χ1n) is 7.80. The number of likely N-dealkylation sites (tertiary alicyclic amines) is 1. The van der Waals surface area contributed by atoms with Crippen LogP contribution in [0.2, 0.25) is 0 Å². The Balaban J connectivity index is 0.00000161. The lowest BCUT2D eigenvalue weighted by Gasteiger charge is -2.40. The third-order valence-electron chi connectivity index (χ3n) is 4.71. The van der Waals surface area contributed by atoms with Gasteiger partial charge in [-0.25, -0.2) is 0 Å². The highest BCUT2D eigenvalue weighted by molar-refractivity contribution is 5.85. The molecule has 1 aromatic heterocycles. The van der Waals surface area contributed by atoms with Crippen LogP contribution in [-0.4, -0.2) is 30.4 Å². The summed E-state index contributed by atoms with van der Waals surface area (Å²) in [5, 5.41) is 3.33. The Morgan fingerprint density at radius 2 is 2.10 bits per heavy atom. The molecule has 2 fully saturated rings.